The molecule has 0 aliphatic carbocycles. The van der Waals surface area contributed by atoms with Gasteiger partial charge in [-0.2, -0.15) is 4.99 Å². The zero-order valence-electron chi connectivity index (χ0n) is 12.3. The number of carbonyl (C=O) groups excluding carboxylic acids is 1. The first-order chi connectivity index (χ1) is 10.9. The number of fused-ring (bicyclic) bond motifs is 1. The number of anilines is 1. The van der Waals surface area contributed by atoms with Gasteiger partial charge in [-0.3, -0.25) is 4.79 Å². The van der Waals surface area contributed by atoms with Crippen molar-refractivity contribution < 1.29 is 17.9 Å². The van der Waals surface area contributed by atoms with Crippen molar-refractivity contribution in [2.45, 2.75) is 11.3 Å². The number of hydrogen-bond acceptors (Lipinski definition) is 5. The smallest absolute Gasteiger partial charge is 0.274 e. The average Bonchev–Trinajstić information content (AvgIpc) is 2.89. The summed E-state index contributed by atoms with van der Waals surface area (Å²) in [5.41, 5.74) is 0.735. The number of nitrogens with zero attached hydrogens (tertiary/aromatic N) is 2. The van der Waals surface area contributed by atoms with Crippen LogP contribution in [-0.2, 0) is 19.4 Å². The van der Waals surface area contributed by atoms with E-state index in [0.29, 0.717) is 10.2 Å². The highest BCUT2D eigenvalue weighted by Gasteiger charge is 2.49. The molecule has 23 heavy (non-hydrogen) atoms. The fourth-order valence-corrected chi connectivity index (χ4v) is 6.87. The van der Waals surface area contributed by atoms with Crippen LogP contribution < -0.4 is 4.90 Å². The standard InChI is InChI=1S/C14H15ClN2O4S2/c1-21-6-13(18)16-14-17(10-4-2-3-9(15)5-10)11-7-23(19,20)8-12(11)22-14/h2-5,11-12H,6-8H2,1H3/t11-,12-/m1/s1. The van der Waals surface area contributed by atoms with Crippen LogP contribution in [0.5, 0.6) is 0 Å². The molecule has 1 amide bonds. The summed E-state index contributed by atoms with van der Waals surface area (Å²) in [6.07, 6.45) is 0. The Morgan fingerprint density at radius 2 is 2.26 bits per heavy atom. The number of rotatable bonds is 3. The summed E-state index contributed by atoms with van der Waals surface area (Å²) in [6, 6.07) is 6.86. The van der Waals surface area contributed by atoms with Crippen LogP contribution in [0.1, 0.15) is 0 Å². The van der Waals surface area contributed by atoms with Gasteiger partial charge >= 0.3 is 0 Å². The van der Waals surface area contributed by atoms with Crippen molar-refractivity contribution in [1.82, 2.24) is 0 Å². The number of sulfone groups is 1. The number of aliphatic imine (C=N–C) groups is 1. The molecule has 2 aliphatic rings. The Balaban J connectivity index is 1.99. The third-order valence-corrected chi connectivity index (χ3v) is 7.09. The molecule has 0 N–H and O–H groups in total. The van der Waals surface area contributed by atoms with Gasteiger partial charge in [0.15, 0.2) is 15.0 Å². The molecule has 9 heteroatoms. The molecule has 1 aromatic carbocycles. The lowest BCUT2D eigenvalue weighted by Crippen LogP contribution is -2.37. The first-order valence-corrected chi connectivity index (χ1v) is 10.00. The van der Waals surface area contributed by atoms with E-state index in [4.69, 9.17) is 16.3 Å². The number of amides is 1. The first-order valence-electron chi connectivity index (χ1n) is 6.92. The Hall–Kier alpha value is -1.09. The van der Waals surface area contributed by atoms with Crippen LogP contribution in [-0.4, -0.2) is 56.0 Å². The maximum Gasteiger partial charge on any atom is 0.274 e. The van der Waals surface area contributed by atoms with E-state index in [1.165, 1.54) is 18.9 Å². The van der Waals surface area contributed by atoms with Crippen molar-refractivity contribution in [3.8, 4) is 0 Å². The number of hydrogen-bond donors (Lipinski definition) is 0. The molecule has 2 aliphatic heterocycles. The van der Waals surface area contributed by atoms with E-state index in [1.54, 1.807) is 23.1 Å². The third-order valence-electron chi connectivity index (χ3n) is 3.64. The van der Waals surface area contributed by atoms with Crippen LogP contribution >= 0.6 is 23.4 Å². The van der Waals surface area contributed by atoms with E-state index in [9.17, 15) is 13.2 Å². The van der Waals surface area contributed by atoms with Gasteiger partial charge in [-0.25, -0.2) is 8.42 Å². The van der Waals surface area contributed by atoms with Crippen molar-refractivity contribution in [3.05, 3.63) is 29.3 Å². The molecule has 0 saturated carbocycles. The number of carbonyl (C=O) groups is 1. The van der Waals surface area contributed by atoms with Gasteiger partial charge in [-0.15, -0.1) is 0 Å². The van der Waals surface area contributed by atoms with Gasteiger partial charge in [0.1, 0.15) is 6.61 Å². The molecule has 124 valence electrons. The Kier molecular flexibility index (Phi) is 4.68. The minimum absolute atomic E-state index is 0.0503. The molecule has 2 saturated heterocycles. The highest BCUT2D eigenvalue weighted by atomic mass is 35.5. The molecule has 0 unspecified atom stereocenters. The van der Waals surface area contributed by atoms with E-state index in [0.717, 1.165) is 5.69 Å². The van der Waals surface area contributed by atoms with E-state index in [-0.39, 0.29) is 29.4 Å². The van der Waals surface area contributed by atoms with Crippen molar-refractivity contribution in [2.75, 3.05) is 30.1 Å². The lowest BCUT2D eigenvalue weighted by atomic mass is 10.2. The summed E-state index contributed by atoms with van der Waals surface area (Å²) in [5, 5.41) is 0.909. The summed E-state index contributed by atoms with van der Waals surface area (Å²) >= 11 is 7.37. The minimum atomic E-state index is -3.08. The number of ether oxygens (including phenoxy) is 1. The number of methoxy groups -OCH3 is 1. The Bertz CT molecular complexity index is 766. The molecule has 3 rings (SSSR count). The van der Waals surface area contributed by atoms with Crippen LogP contribution in [0.4, 0.5) is 5.69 Å². The number of thioether (sulfide) groups is 1. The van der Waals surface area contributed by atoms with Crippen molar-refractivity contribution in [2.24, 2.45) is 4.99 Å². The molecule has 0 aromatic heterocycles. The fourth-order valence-electron chi connectivity index (χ4n) is 2.75. The Morgan fingerprint density at radius 3 is 2.96 bits per heavy atom. The second-order valence-corrected chi connectivity index (χ2v) is 9.17. The molecule has 2 fully saturated rings. The van der Waals surface area contributed by atoms with Gasteiger partial charge in [0, 0.05) is 23.1 Å². The van der Waals surface area contributed by atoms with E-state index >= 15 is 0 Å². The molecular weight excluding hydrogens is 360 g/mol. The normalized spacial score (nSPS) is 27.4. The highest BCUT2D eigenvalue weighted by molar-refractivity contribution is 8.16. The van der Waals surface area contributed by atoms with Gasteiger partial charge in [-0.05, 0) is 18.2 Å². The quantitative estimate of drug-likeness (QED) is 0.799. The number of benzene rings is 1. The van der Waals surface area contributed by atoms with Crippen molar-refractivity contribution in [3.63, 3.8) is 0 Å². The minimum Gasteiger partial charge on any atom is -0.375 e. The van der Waals surface area contributed by atoms with Gasteiger partial charge in [0.25, 0.3) is 5.91 Å². The average molecular weight is 375 g/mol. The van der Waals surface area contributed by atoms with Gasteiger partial charge in [0.2, 0.25) is 0 Å². The predicted octanol–water partition coefficient (Wildman–Crippen LogP) is 1.59. The van der Waals surface area contributed by atoms with Crippen molar-refractivity contribution in [1.29, 1.82) is 0 Å². The highest BCUT2D eigenvalue weighted by Crippen LogP contribution is 2.41. The summed E-state index contributed by atoms with van der Waals surface area (Å²) in [7, 11) is -1.65. The molecule has 1 aromatic rings. The predicted molar refractivity (Wildman–Crippen MR) is 92.1 cm³/mol. The maximum absolute atomic E-state index is 11.9. The molecular formula is C14H15ClN2O4S2. The zero-order valence-corrected chi connectivity index (χ0v) is 14.7. The van der Waals surface area contributed by atoms with Gasteiger partial charge < -0.3 is 9.64 Å². The molecule has 6 nitrogen and oxygen atoms in total. The molecule has 0 spiro atoms. The lowest BCUT2D eigenvalue weighted by Gasteiger charge is -2.24. The summed E-state index contributed by atoms with van der Waals surface area (Å²) in [5.74, 6) is -0.254. The molecule has 2 atom stereocenters. The molecule has 0 radical (unpaired) electrons. The summed E-state index contributed by atoms with van der Waals surface area (Å²) in [6.45, 7) is -0.110. The van der Waals surface area contributed by atoms with Crippen molar-refractivity contribution >= 4 is 50.0 Å². The van der Waals surface area contributed by atoms with Crippen LogP contribution in [0.2, 0.25) is 5.02 Å². The topological polar surface area (TPSA) is 76.0 Å². The van der Waals surface area contributed by atoms with E-state index in [1.807, 2.05) is 6.07 Å². The van der Waals surface area contributed by atoms with Crippen LogP contribution in [0.3, 0.4) is 0 Å². The largest absolute Gasteiger partial charge is 0.375 e. The SMILES string of the molecule is COCC(=O)N=C1S[C@@H]2CS(=O)(=O)C[C@H]2N1c1cccc(Cl)c1. The fraction of sp³-hybridized carbons (Fsp3) is 0.429. The third kappa shape index (κ3) is 3.55. The lowest BCUT2D eigenvalue weighted by molar-refractivity contribution is -0.121. The zero-order chi connectivity index (χ0) is 16.6. The van der Waals surface area contributed by atoms with Crippen LogP contribution in [0.15, 0.2) is 29.3 Å². The second-order valence-electron chi connectivity index (χ2n) is 5.37. The first kappa shape index (κ1) is 16.8. The summed E-state index contributed by atoms with van der Waals surface area (Å²) in [4.78, 5) is 17.7. The maximum atomic E-state index is 11.9. The monoisotopic (exact) mass is 374 g/mol. The second kappa shape index (κ2) is 6.43. The molecule has 2 heterocycles. The molecule has 0 bridgehead atoms. The Labute approximate surface area is 143 Å². The van der Waals surface area contributed by atoms with E-state index < -0.39 is 15.7 Å². The van der Waals surface area contributed by atoms with E-state index in [2.05, 4.69) is 4.99 Å². The van der Waals surface area contributed by atoms with Gasteiger partial charge in [0.05, 0.1) is 17.5 Å². The van der Waals surface area contributed by atoms with Crippen LogP contribution in [0.25, 0.3) is 0 Å². The number of amidine groups is 1. The Morgan fingerprint density at radius 1 is 1.48 bits per heavy atom. The number of halogens is 1. The van der Waals surface area contributed by atoms with Crippen LogP contribution in [0, 0.1) is 0 Å². The summed E-state index contributed by atoms with van der Waals surface area (Å²) < 4.78 is 28.7. The van der Waals surface area contributed by atoms with Gasteiger partial charge in [-0.1, -0.05) is 29.4 Å².